The van der Waals surface area contributed by atoms with E-state index in [1.54, 1.807) is 23.5 Å². The molecule has 0 saturated heterocycles. The molecular formula is C15H19N3S2. The Bertz CT molecular complexity index is 573. The van der Waals surface area contributed by atoms with E-state index in [1.807, 2.05) is 12.3 Å². The van der Waals surface area contributed by atoms with Crippen molar-refractivity contribution in [3.63, 3.8) is 0 Å². The molecule has 0 amide bonds. The molecule has 20 heavy (non-hydrogen) atoms. The minimum absolute atomic E-state index is 0.808. The molecule has 0 aliphatic rings. The summed E-state index contributed by atoms with van der Waals surface area (Å²) >= 11 is 3.26. The largest absolute Gasteiger partial charge is 0.370 e. The van der Waals surface area contributed by atoms with Crippen molar-refractivity contribution in [2.24, 2.45) is 0 Å². The third-order valence-electron chi connectivity index (χ3n) is 2.73. The van der Waals surface area contributed by atoms with Crippen LogP contribution >= 0.6 is 23.5 Å². The fourth-order valence-corrected chi connectivity index (χ4v) is 3.02. The summed E-state index contributed by atoms with van der Waals surface area (Å²) in [5.74, 6) is 0.905. The molecule has 0 fully saturated rings. The van der Waals surface area contributed by atoms with E-state index in [9.17, 15) is 0 Å². The van der Waals surface area contributed by atoms with E-state index >= 15 is 0 Å². The summed E-state index contributed by atoms with van der Waals surface area (Å²) < 4.78 is 0. The number of nitrogens with zero attached hydrogens (tertiary/aromatic N) is 2. The van der Waals surface area contributed by atoms with Gasteiger partial charge in [-0.15, -0.1) is 0 Å². The normalized spacial score (nSPS) is 10.6. The smallest absolute Gasteiger partial charge is 0.190 e. The van der Waals surface area contributed by atoms with Gasteiger partial charge in [0.25, 0.3) is 0 Å². The predicted octanol–water partition coefficient (Wildman–Crippen LogP) is 4.48. The van der Waals surface area contributed by atoms with Crippen molar-refractivity contribution >= 4 is 29.3 Å². The van der Waals surface area contributed by atoms with Crippen LogP contribution in [0.15, 0.2) is 45.4 Å². The number of anilines is 1. The van der Waals surface area contributed by atoms with E-state index in [1.165, 1.54) is 10.5 Å². The molecule has 0 saturated carbocycles. The molecule has 0 bridgehead atoms. The second-order valence-electron chi connectivity index (χ2n) is 4.37. The van der Waals surface area contributed by atoms with Crippen molar-refractivity contribution < 1.29 is 0 Å². The third-order valence-corrected chi connectivity index (χ3v) is 4.37. The number of aromatic nitrogens is 2. The number of aryl methyl sites for hydroxylation is 1. The number of hydrogen-bond acceptors (Lipinski definition) is 5. The first-order valence-electron chi connectivity index (χ1n) is 6.63. The molecule has 1 aromatic carbocycles. The molecule has 5 heteroatoms. The number of rotatable bonds is 6. The first-order valence-corrected chi connectivity index (χ1v) is 8.67. The second kappa shape index (κ2) is 7.55. The molecule has 0 radical (unpaired) electrons. The van der Waals surface area contributed by atoms with Gasteiger partial charge in [0, 0.05) is 17.5 Å². The van der Waals surface area contributed by atoms with Gasteiger partial charge in [0.1, 0.15) is 10.8 Å². The molecule has 2 aromatic rings. The van der Waals surface area contributed by atoms with Crippen molar-refractivity contribution in [3.05, 3.63) is 35.9 Å². The molecule has 0 atom stereocenters. The quantitative estimate of drug-likeness (QED) is 0.484. The zero-order valence-electron chi connectivity index (χ0n) is 12.0. The van der Waals surface area contributed by atoms with E-state index in [2.05, 4.69) is 53.4 Å². The van der Waals surface area contributed by atoms with E-state index < -0.39 is 0 Å². The molecular weight excluding hydrogens is 286 g/mol. The Morgan fingerprint density at radius 3 is 2.70 bits per heavy atom. The average Bonchev–Trinajstić information content (AvgIpc) is 2.47. The van der Waals surface area contributed by atoms with E-state index in [4.69, 9.17) is 0 Å². The van der Waals surface area contributed by atoms with Crippen LogP contribution in [0.5, 0.6) is 0 Å². The highest BCUT2D eigenvalue weighted by atomic mass is 32.2. The Balaban J connectivity index is 2.24. The molecule has 106 valence electrons. The molecule has 3 nitrogen and oxygen atoms in total. The molecule has 1 heterocycles. The van der Waals surface area contributed by atoms with Crippen LogP contribution in [0.1, 0.15) is 18.9 Å². The summed E-state index contributed by atoms with van der Waals surface area (Å²) in [6, 6.07) is 10.4. The maximum absolute atomic E-state index is 4.57. The fourth-order valence-electron chi connectivity index (χ4n) is 1.67. The first kappa shape index (κ1) is 15.2. The Morgan fingerprint density at radius 2 is 2.00 bits per heavy atom. The Morgan fingerprint density at radius 1 is 1.20 bits per heavy atom. The summed E-state index contributed by atoms with van der Waals surface area (Å²) in [7, 11) is 0. The topological polar surface area (TPSA) is 37.8 Å². The molecule has 2 rings (SSSR count). The highest BCUT2D eigenvalue weighted by molar-refractivity contribution is 7.99. The van der Waals surface area contributed by atoms with Gasteiger partial charge in [-0.05, 0) is 31.2 Å². The summed E-state index contributed by atoms with van der Waals surface area (Å²) in [6.07, 6.45) is 3.08. The summed E-state index contributed by atoms with van der Waals surface area (Å²) in [6.45, 7) is 5.20. The van der Waals surface area contributed by atoms with E-state index in [-0.39, 0.29) is 0 Å². The van der Waals surface area contributed by atoms with Crippen LogP contribution in [0.25, 0.3) is 0 Å². The fraction of sp³-hybridized carbons (Fsp3) is 0.333. The monoisotopic (exact) mass is 305 g/mol. The standard InChI is InChI=1S/C15H19N3S2/c1-4-9-16-13-10-14(18-15(17-13)19-3)20-12-8-6-5-7-11(12)2/h5-8,10H,4,9H2,1-3H3,(H,16,17,18). The maximum atomic E-state index is 4.57. The van der Waals surface area contributed by atoms with Crippen LogP contribution in [-0.4, -0.2) is 22.8 Å². The second-order valence-corrected chi connectivity index (χ2v) is 6.21. The van der Waals surface area contributed by atoms with Gasteiger partial charge >= 0.3 is 0 Å². The molecule has 0 aliphatic carbocycles. The highest BCUT2D eigenvalue weighted by Gasteiger charge is 2.07. The van der Waals surface area contributed by atoms with Crippen molar-refractivity contribution in [1.82, 2.24) is 9.97 Å². The lowest BCUT2D eigenvalue weighted by Crippen LogP contribution is -2.03. The maximum Gasteiger partial charge on any atom is 0.190 e. The van der Waals surface area contributed by atoms with Crippen LogP contribution in [0, 0.1) is 6.92 Å². The van der Waals surface area contributed by atoms with Gasteiger partial charge in [0.05, 0.1) is 0 Å². The Labute approximate surface area is 129 Å². The summed E-state index contributed by atoms with van der Waals surface area (Å²) in [4.78, 5) is 10.3. The number of benzene rings is 1. The lowest BCUT2D eigenvalue weighted by Gasteiger charge is -2.09. The van der Waals surface area contributed by atoms with Crippen molar-refractivity contribution in [1.29, 1.82) is 0 Å². The average molecular weight is 305 g/mol. The SMILES string of the molecule is CCCNc1cc(Sc2ccccc2C)nc(SC)n1. The van der Waals surface area contributed by atoms with Gasteiger partial charge in [0.15, 0.2) is 5.16 Å². The Kier molecular flexibility index (Phi) is 5.73. The van der Waals surface area contributed by atoms with Crippen LogP contribution in [0.3, 0.4) is 0 Å². The van der Waals surface area contributed by atoms with Gasteiger partial charge < -0.3 is 5.32 Å². The van der Waals surface area contributed by atoms with Gasteiger partial charge in [-0.1, -0.05) is 48.6 Å². The lowest BCUT2D eigenvalue weighted by molar-refractivity contribution is 0.878. The zero-order valence-corrected chi connectivity index (χ0v) is 13.6. The van der Waals surface area contributed by atoms with Gasteiger partial charge in [0.2, 0.25) is 0 Å². The van der Waals surface area contributed by atoms with E-state index in [0.29, 0.717) is 0 Å². The number of thioether (sulfide) groups is 1. The van der Waals surface area contributed by atoms with Gasteiger partial charge in [-0.2, -0.15) is 0 Å². The third kappa shape index (κ3) is 4.15. The highest BCUT2D eigenvalue weighted by Crippen LogP contribution is 2.30. The van der Waals surface area contributed by atoms with Crippen molar-refractivity contribution in [2.45, 2.75) is 35.3 Å². The Hall–Kier alpha value is -1.20. The molecule has 1 aromatic heterocycles. The first-order chi connectivity index (χ1) is 9.72. The van der Waals surface area contributed by atoms with Crippen molar-refractivity contribution in [3.8, 4) is 0 Å². The summed E-state index contributed by atoms with van der Waals surface area (Å²) in [5, 5.41) is 5.12. The van der Waals surface area contributed by atoms with Crippen LogP contribution in [0.4, 0.5) is 5.82 Å². The van der Waals surface area contributed by atoms with Gasteiger partial charge in [-0.25, -0.2) is 9.97 Å². The van der Waals surface area contributed by atoms with E-state index in [0.717, 1.165) is 29.0 Å². The number of nitrogens with one attached hydrogen (secondary N) is 1. The van der Waals surface area contributed by atoms with Crippen LogP contribution < -0.4 is 5.32 Å². The summed E-state index contributed by atoms with van der Waals surface area (Å²) in [5.41, 5.74) is 1.27. The van der Waals surface area contributed by atoms with Crippen LogP contribution in [-0.2, 0) is 0 Å². The predicted molar refractivity (Wildman–Crippen MR) is 87.9 cm³/mol. The molecule has 0 unspecified atom stereocenters. The van der Waals surface area contributed by atoms with Crippen LogP contribution in [0.2, 0.25) is 0 Å². The minimum atomic E-state index is 0.808. The number of hydrogen-bond donors (Lipinski definition) is 1. The zero-order chi connectivity index (χ0) is 14.4. The van der Waals surface area contributed by atoms with Gasteiger partial charge in [-0.3, -0.25) is 0 Å². The van der Waals surface area contributed by atoms with Crippen molar-refractivity contribution in [2.75, 3.05) is 18.1 Å². The molecule has 0 spiro atoms. The minimum Gasteiger partial charge on any atom is -0.370 e. The molecule has 1 N–H and O–H groups in total. The lowest BCUT2D eigenvalue weighted by atomic mass is 10.2. The molecule has 0 aliphatic heterocycles.